The fraction of sp³-hybridized carbons (Fsp3) is 0.211. The molecular formula is C19H17N3O2S. The van der Waals surface area contributed by atoms with Crippen molar-refractivity contribution in [1.82, 2.24) is 9.97 Å². The monoisotopic (exact) mass is 351 g/mol. The van der Waals surface area contributed by atoms with Crippen LogP contribution < -0.4 is 9.64 Å². The van der Waals surface area contributed by atoms with E-state index in [1.165, 1.54) is 0 Å². The Hall–Kier alpha value is -2.73. The topological polar surface area (TPSA) is 55.3 Å². The number of amides is 1. The van der Waals surface area contributed by atoms with Crippen molar-refractivity contribution in [3.63, 3.8) is 0 Å². The van der Waals surface area contributed by atoms with Crippen molar-refractivity contribution in [2.45, 2.75) is 20.0 Å². The van der Waals surface area contributed by atoms with Crippen LogP contribution in [0.25, 0.3) is 22.0 Å². The Morgan fingerprint density at radius 2 is 2.12 bits per heavy atom. The van der Waals surface area contributed by atoms with Gasteiger partial charge in [-0.25, -0.2) is 4.98 Å². The molecule has 0 saturated heterocycles. The van der Waals surface area contributed by atoms with Crippen LogP contribution in [0.1, 0.15) is 13.8 Å². The van der Waals surface area contributed by atoms with Crippen molar-refractivity contribution in [3.8, 4) is 27.7 Å². The first-order chi connectivity index (χ1) is 12.2. The maximum absolute atomic E-state index is 12.3. The molecule has 0 saturated carbocycles. The van der Waals surface area contributed by atoms with Crippen LogP contribution >= 0.6 is 11.3 Å². The number of likely N-dealkylation sites (N-methyl/N-ethyl adjacent to an activating group) is 1. The van der Waals surface area contributed by atoms with E-state index in [1.807, 2.05) is 48.7 Å². The van der Waals surface area contributed by atoms with Gasteiger partial charge in [-0.15, -0.1) is 11.3 Å². The Kier molecular flexibility index (Phi) is 3.97. The van der Waals surface area contributed by atoms with E-state index < -0.39 is 6.10 Å². The third-order valence-corrected chi connectivity index (χ3v) is 5.03. The van der Waals surface area contributed by atoms with Crippen molar-refractivity contribution in [3.05, 3.63) is 48.0 Å². The summed E-state index contributed by atoms with van der Waals surface area (Å²) in [5.41, 5.74) is 3.49. The first-order valence-corrected chi connectivity index (χ1v) is 9.04. The number of pyridine rings is 1. The molecule has 3 aromatic rings. The van der Waals surface area contributed by atoms with Crippen LogP contribution in [0.5, 0.6) is 5.75 Å². The zero-order chi connectivity index (χ0) is 17.4. The van der Waals surface area contributed by atoms with Gasteiger partial charge in [-0.05, 0) is 44.2 Å². The minimum atomic E-state index is -0.451. The predicted molar refractivity (Wildman–Crippen MR) is 98.9 cm³/mol. The van der Waals surface area contributed by atoms with Crippen LogP contribution in [0, 0.1) is 0 Å². The van der Waals surface area contributed by atoms with Crippen molar-refractivity contribution in [1.29, 1.82) is 0 Å². The first kappa shape index (κ1) is 15.8. The van der Waals surface area contributed by atoms with Crippen LogP contribution in [-0.4, -0.2) is 28.5 Å². The summed E-state index contributed by atoms with van der Waals surface area (Å²) in [4.78, 5) is 23.1. The van der Waals surface area contributed by atoms with Gasteiger partial charge in [-0.1, -0.05) is 6.07 Å². The Morgan fingerprint density at radius 1 is 1.24 bits per heavy atom. The second kappa shape index (κ2) is 6.29. The third kappa shape index (κ3) is 2.78. The molecule has 2 aromatic heterocycles. The zero-order valence-corrected chi connectivity index (χ0v) is 14.8. The average molecular weight is 351 g/mol. The molecule has 126 valence electrons. The van der Waals surface area contributed by atoms with E-state index in [1.54, 1.807) is 29.4 Å². The van der Waals surface area contributed by atoms with Gasteiger partial charge in [0.25, 0.3) is 5.91 Å². The highest BCUT2D eigenvalue weighted by Crippen LogP contribution is 2.38. The standard InChI is InChI=1S/C19H17N3O2S/c1-3-22-16-10-13(7-8-17(16)24-12(2)19(22)23)15-11-25-18(21-15)14-6-4-5-9-20-14/h4-12H,3H2,1-2H3. The number of thiazole rings is 1. The summed E-state index contributed by atoms with van der Waals surface area (Å²) in [5, 5.41) is 2.89. The Bertz CT molecular complexity index is 923. The lowest BCUT2D eigenvalue weighted by Crippen LogP contribution is -2.44. The summed E-state index contributed by atoms with van der Waals surface area (Å²) in [6, 6.07) is 11.6. The van der Waals surface area contributed by atoms with E-state index in [2.05, 4.69) is 4.98 Å². The molecule has 0 spiro atoms. The van der Waals surface area contributed by atoms with Gasteiger partial charge in [-0.2, -0.15) is 0 Å². The van der Waals surface area contributed by atoms with E-state index in [0.717, 1.165) is 33.4 Å². The highest BCUT2D eigenvalue weighted by molar-refractivity contribution is 7.13. The van der Waals surface area contributed by atoms with Crippen LogP contribution in [0.4, 0.5) is 5.69 Å². The number of carbonyl (C=O) groups is 1. The van der Waals surface area contributed by atoms with E-state index in [4.69, 9.17) is 9.72 Å². The molecular weight excluding hydrogens is 334 g/mol. The maximum Gasteiger partial charge on any atom is 0.267 e. The highest BCUT2D eigenvalue weighted by Gasteiger charge is 2.30. The average Bonchev–Trinajstić information content (AvgIpc) is 3.13. The number of fused-ring (bicyclic) bond motifs is 1. The molecule has 1 unspecified atom stereocenters. The van der Waals surface area contributed by atoms with Crippen molar-refractivity contribution in [2.75, 3.05) is 11.4 Å². The number of rotatable bonds is 3. The summed E-state index contributed by atoms with van der Waals surface area (Å²) < 4.78 is 5.72. The molecule has 0 radical (unpaired) electrons. The molecule has 1 aromatic carbocycles. The summed E-state index contributed by atoms with van der Waals surface area (Å²) in [6.45, 7) is 4.36. The molecule has 0 aliphatic carbocycles. The Balaban J connectivity index is 1.72. The third-order valence-electron chi connectivity index (χ3n) is 4.17. The van der Waals surface area contributed by atoms with Gasteiger partial charge in [-0.3, -0.25) is 9.78 Å². The number of benzene rings is 1. The number of carbonyl (C=O) groups excluding carboxylic acids is 1. The SMILES string of the molecule is CCN1C(=O)C(C)Oc2ccc(-c3csc(-c4ccccn4)n3)cc21. The summed E-state index contributed by atoms with van der Waals surface area (Å²) in [6.07, 6.45) is 1.31. The number of hydrogen-bond acceptors (Lipinski definition) is 5. The normalized spacial score (nSPS) is 16.5. The lowest BCUT2D eigenvalue weighted by molar-refractivity contribution is -0.125. The lowest BCUT2D eigenvalue weighted by Gasteiger charge is -2.32. The molecule has 0 bridgehead atoms. The van der Waals surface area contributed by atoms with Crippen LogP contribution in [0.3, 0.4) is 0 Å². The summed E-state index contributed by atoms with van der Waals surface area (Å²) >= 11 is 1.56. The highest BCUT2D eigenvalue weighted by atomic mass is 32.1. The molecule has 1 aliphatic heterocycles. The van der Waals surface area contributed by atoms with Crippen LogP contribution in [0.15, 0.2) is 48.0 Å². The number of nitrogens with zero attached hydrogens (tertiary/aromatic N) is 3. The molecule has 0 N–H and O–H groups in total. The predicted octanol–water partition coefficient (Wildman–Crippen LogP) is 4.01. The number of anilines is 1. The first-order valence-electron chi connectivity index (χ1n) is 8.16. The minimum absolute atomic E-state index is 0.0143. The molecule has 3 heterocycles. The number of hydrogen-bond donors (Lipinski definition) is 0. The van der Waals surface area contributed by atoms with Gasteiger partial charge >= 0.3 is 0 Å². The van der Waals surface area contributed by atoms with Gasteiger partial charge < -0.3 is 9.64 Å². The smallest absolute Gasteiger partial charge is 0.267 e. The Labute approximate surface area is 149 Å². The van der Waals surface area contributed by atoms with Gasteiger partial charge in [0.05, 0.1) is 17.1 Å². The Morgan fingerprint density at radius 3 is 2.88 bits per heavy atom. The molecule has 1 atom stereocenters. The van der Waals surface area contributed by atoms with Crippen LogP contribution in [0.2, 0.25) is 0 Å². The molecule has 4 rings (SSSR count). The molecule has 1 amide bonds. The number of ether oxygens (including phenoxy) is 1. The van der Waals surface area contributed by atoms with Crippen molar-refractivity contribution >= 4 is 22.9 Å². The van der Waals surface area contributed by atoms with E-state index in [-0.39, 0.29) is 5.91 Å². The summed E-state index contributed by atoms with van der Waals surface area (Å²) in [7, 11) is 0. The summed E-state index contributed by atoms with van der Waals surface area (Å²) in [5.74, 6) is 0.720. The van der Waals surface area contributed by atoms with Gasteiger partial charge in [0.2, 0.25) is 0 Å². The van der Waals surface area contributed by atoms with Gasteiger partial charge in [0.15, 0.2) is 6.10 Å². The fourth-order valence-electron chi connectivity index (χ4n) is 2.91. The minimum Gasteiger partial charge on any atom is -0.479 e. The van der Waals surface area contributed by atoms with E-state index in [0.29, 0.717) is 6.54 Å². The van der Waals surface area contributed by atoms with Crippen molar-refractivity contribution < 1.29 is 9.53 Å². The van der Waals surface area contributed by atoms with Gasteiger partial charge in [0, 0.05) is 23.7 Å². The molecule has 0 fully saturated rings. The molecule has 1 aliphatic rings. The molecule has 5 nitrogen and oxygen atoms in total. The van der Waals surface area contributed by atoms with Crippen molar-refractivity contribution in [2.24, 2.45) is 0 Å². The fourth-order valence-corrected chi connectivity index (χ4v) is 3.71. The maximum atomic E-state index is 12.3. The van der Waals surface area contributed by atoms with E-state index >= 15 is 0 Å². The quantitative estimate of drug-likeness (QED) is 0.715. The largest absolute Gasteiger partial charge is 0.479 e. The number of aromatic nitrogens is 2. The van der Waals surface area contributed by atoms with Gasteiger partial charge in [0.1, 0.15) is 10.8 Å². The zero-order valence-electron chi connectivity index (χ0n) is 14.0. The van der Waals surface area contributed by atoms with E-state index in [9.17, 15) is 4.79 Å². The van der Waals surface area contributed by atoms with Crippen LogP contribution in [-0.2, 0) is 4.79 Å². The molecule has 25 heavy (non-hydrogen) atoms. The molecule has 6 heteroatoms. The second-order valence-corrected chi connectivity index (χ2v) is 6.64. The second-order valence-electron chi connectivity index (χ2n) is 5.78. The lowest BCUT2D eigenvalue weighted by atomic mass is 10.1.